The Bertz CT molecular complexity index is 1510. The van der Waals surface area contributed by atoms with Crippen molar-refractivity contribution in [2.24, 2.45) is 0 Å². The number of pyridine rings is 4. The zero-order valence-electron chi connectivity index (χ0n) is 22.6. The van der Waals surface area contributed by atoms with Gasteiger partial charge in [0, 0.05) is 48.1 Å². The van der Waals surface area contributed by atoms with E-state index in [2.05, 4.69) is 39.0 Å². The minimum absolute atomic E-state index is 0. The topological polar surface area (TPSA) is 51.6 Å². The van der Waals surface area contributed by atoms with Crippen LogP contribution in [0.15, 0.2) is 127 Å². The van der Waals surface area contributed by atoms with E-state index in [4.69, 9.17) is 12.6 Å². The van der Waals surface area contributed by atoms with Gasteiger partial charge in [-0.2, -0.15) is 6.07 Å². The number of rotatable bonds is 2. The van der Waals surface area contributed by atoms with Crippen LogP contribution in [0.1, 0.15) is 5.69 Å². The Hall–Kier alpha value is -3.77. The minimum Gasteiger partial charge on any atom is -0.760 e. The van der Waals surface area contributed by atoms with Crippen LogP contribution >= 0.6 is 0 Å². The van der Waals surface area contributed by atoms with Crippen molar-refractivity contribution in [2.45, 2.75) is 5.03 Å². The molecular weight excluding hydrogens is 951 g/mol. The largest absolute Gasteiger partial charge is 2.00 e. The van der Waals surface area contributed by atoms with Gasteiger partial charge >= 0.3 is 42.1 Å². The van der Waals surface area contributed by atoms with E-state index in [9.17, 15) is 17.6 Å². The van der Waals surface area contributed by atoms with Gasteiger partial charge in [-0.15, -0.1) is 36.0 Å². The third kappa shape index (κ3) is 13.7. The smallest absolute Gasteiger partial charge is 0.760 e. The Kier molecular flexibility index (Phi) is 18.3. The van der Waals surface area contributed by atoms with Crippen molar-refractivity contribution in [3.05, 3.63) is 170 Å². The van der Waals surface area contributed by atoms with Gasteiger partial charge in [0.05, 0.1) is 0 Å². The number of benzene rings is 2. The van der Waals surface area contributed by atoms with Crippen molar-refractivity contribution in [3.63, 3.8) is 0 Å². The van der Waals surface area contributed by atoms with Crippen molar-refractivity contribution in [1.82, 2.24) is 19.9 Å². The first kappa shape index (κ1) is 38.3. The Balaban J connectivity index is 0.000000303. The number of nitrogens with zero attached hydrogens (tertiary/aromatic N) is 4. The average Bonchev–Trinajstić information content (AvgIpc) is 3.00. The van der Waals surface area contributed by atoms with Crippen LogP contribution in [0.5, 0.6) is 0 Å². The van der Waals surface area contributed by atoms with E-state index >= 15 is 0 Å². The third-order valence-corrected chi connectivity index (χ3v) is 5.16. The maximum Gasteiger partial charge on any atom is 2.00 e. The van der Waals surface area contributed by atoms with Gasteiger partial charge in [-0.05, 0) is 29.6 Å². The molecule has 6 aromatic rings. The summed E-state index contributed by atoms with van der Waals surface area (Å²) in [7, 11) is 0. The molecule has 0 aliphatic heterocycles. The van der Waals surface area contributed by atoms with E-state index in [1.165, 1.54) is 0 Å². The predicted octanol–water partition coefficient (Wildman–Crippen LogP) is 7.90. The summed E-state index contributed by atoms with van der Waals surface area (Å²) in [5.74, 6) is -2.57. The van der Waals surface area contributed by atoms with Crippen molar-refractivity contribution in [3.8, 4) is 22.5 Å². The summed E-state index contributed by atoms with van der Waals surface area (Å²) in [4.78, 5) is 15.6. The number of hydrogen-bond donors (Lipinski definition) is 0. The summed E-state index contributed by atoms with van der Waals surface area (Å²) in [6, 6.07) is 30.2. The molecule has 6 rings (SSSR count). The fourth-order valence-electron chi connectivity index (χ4n) is 3.05. The Morgan fingerprint density at radius 2 is 0.955 bits per heavy atom. The van der Waals surface area contributed by atoms with E-state index < -0.39 is 23.3 Å². The first-order valence-corrected chi connectivity index (χ1v) is 12.6. The Morgan fingerprint density at radius 1 is 0.545 bits per heavy atom. The third-order valence-electron chi connectivity index (χ3n) is 4.92. The standard InChI is InChI=1S/2C11H6F2N.C6H6N.C5H5NS.2Pt/c2*12-8-4-5-9(10(13)7-8)11-3-1-2-6-14-11;1-6-4-2-3-5-7-6;7-5-3-1-2-4-6-5;;/h2*1-4,6-7H;2-5H,1H2;1-4H,(H,6,7);;/q3*-1;;2*+2/p-1. The van der Waals surface area contributed by atoms with Gasteiger partial charge in [0.1, 0.15) is 0 Å². The molecule has 0 fully saturated rings. The molecule has 0 N–H and O–H groups in total. The molecule has 0 aliphatic rings. The van der Waals surface area contributed by atoms with Crippen LogP contribution in [0.4, 0.5) is 17.6 Å². The normalized spacial score (nSPS) is 9.18. The number of hydrogen-bond acceptors (Lipinski definition) is 5. The monoisotopic (exact) mass is 972 g/mol. The summed E-state index contributed by atoms with van der Waals surface area (Å²) in [5.41, 5.74) is 2.09. The van der Waals surface area contributed by atoms with Gasteiger partial charge in [-0.1, -0.05) is 70.8 Å². The molecule has 0 saturated carbocycles. The van der Waals surface area contributed by atoms with Crippen molar-refractivity contribution in [2.75, 3.05) is 0 Å². The molecular formula is C33H22F4N4Pt2S. The second-order valence-electron chi connectivity index (χ2n) is 8.00. The Labute approximate surface area is 288 Å². The van der Waals surface area contributed by atoms with Gasteiger partial charge in [0.25, 0.3) is 0 Å². The molecule has 11 heteroatoms. The number of aromatic nitrogens is 4. The van der Waals surface area contributed by atoms with E-state index in [-0.39, 0.29) is 53.3 Å². The quantitative estimate of drug-likeness (QED) is 0.101. The molecule has 44 heavy (non-hydrogen) atoms. The zero-order chi connectivity index (χ0) is 30.2. The second kappa shape index (κ2) is 21.0. The number of halogens is 4. The van der Waals surface area contributed by atoms with Crippen LogP contribution in [0.25, 0.3) is 22.5 Å². The first-order chi connectivity index (χ1) is 20.3. The fraction of sp³-hybridized carbons (Fsp3) is 0. The molecule has 4 heterocycles. The Morgan fingerprint density at radius 3 is 1.20 bits per heavy atom. The van der Waals surface area contributed by atoms with Gasteiger partial charge < -0.3 is 22.6 Å². The maximum atomic E-state index is 13.2. The van der Waals surface area contributed by atoms with Gasteiger partial charge in [0.15, 0.2) is 0 Å². The van der Waals surface area contributed by atoms with Crippen LogP contribution in [0, 0.1) is 42.3 Å². The molecule has 228 valence electrons. The minimum atomic E-state index is -0.649. The first-order valence-electron chi connectivity index (χ1n) is 12.2. The zero-order valence-corrected chi connectivity index (χ0v) is 28.0. The van der Waals surface area contributed by atoms with Crippen LogP contribution < -0.4 is 0 Å². The molecule has 0 saturated heterocycles. The molecule has 0 unspecified atom stereocenters. The predicted molar refractivity (Wildman–Crippen MR) is 155 cm³/mol. The van der Waals surface area contributed by atoms with Crippen molar-refractivity contribution >= 4 is 12.6 Å². The molecule has 4 aromatic heterocycles. The molecule has 0 bridgehead atoms. The fourth-order valence-corrected chi connectivity index (χ4v) is 3.19. The second-order valence-corrected chi connectivity index (χ2v) is 8.42. The van der Waals surface area contributed by atoms with E-state index in [1.54, 1.807) is 67.3 Å². The summed E-state index contributed by atoms with van der Waals surface area (Å²) in [5, 5.41) is 0.655. The molecule has 0 spiro atoms. The molecule has 2 aromatic carbocycles. The molecule has 0 atom stereocenters. The summed E-state index contributed by atoms with van der Waals surface area (Å²) >= 11 is 4.70. The molecule has 0 amide bonds. The van der Waals surface area contributed by atoms with Crippen LogP contribution in [-0.2, 0) is 54.8 Å². The van der Waals surface area contributed by atoms with Gasteiger partial charge in [-0.3, -0.25) is 27.5 Å². The van der Waals surface area contributed by atoms with Crippen LogP contribution in [0.3, 0.4) is 0 Å². The van der Waals surface area contributed by atoms with Gasteiger partial charge in [-0.25, -0.2) is 6.92 Å². The maximum absolute atomic E-state index is 13.2. The van der Waals surface area contributed by atoms with Crippen molar-refractivity contribution < 1.29 is 59.7 Å². The van der Waals surface area contributed by atoms with E-state index in [0.717, 1.165) is 30.0 Å². The SMILES string of the molecule is Fc1c[c-]c(-c2ccccn2)c(F)c1.Fc1c[c-]c(-c2ccccn2)c(F)c1.[CH2-]c1ccccn1.[Pt+2].[Pt+2].[S-]c1ccccn1. The van der Waals surface area contributed by atoms with E-state index in [0.29, 0.717) is 16.4 Å². The van der Waals surface area contributed by atoms with Crippen LogP contribution in [0.2, 0.25) is 0 Å². The summed E-state index contributed by atoms with van der Waals surface area (Å²) in [6.45, 7) is 3.61. The summed E-state index contributed by atoms with van der Waals surface area (Å²) < 4.78 is 51.6. The molecule has 0 aliphatic carbocycles. The van der Waals surface area contributed by atoms with Gasteiger partial charge in [0.2, 0.25) is 0 Å². The average molecular weight is 973 g/mol. The van der Waals surface area contributed by atoms with E-state index in [1.807, 2.05) is 30.3 Å². The molecule has 0 radical (unpaired) electrons. The summed E-state index contributed by atoms with van der Waals surface area (Å²) in [6.07, 6.45) is 6.50. The van der Waals surface area contributed by atoms with Crippen molar-refractivity contribution in [1.29, 1.82) is 0 Å². The van der Waals surface area contributed by atoms with Crippen LogP contribution in [-0.4, -0.2) is 19.9 Å². The molecule has 4 nitrogen and oxygen atoms in total.